The molecule has 0 aromatic heterocycles. The van der Waals surface area contributed by atoms with Gasteiger partial charge in [-0.2, -0.15) is 13.2 Å². The van der Waals surface area contributed by atoms with Crippen molar-refractivity contribution in [3.8, 4) is 0 Å². The zero-order valence-corrected chi connectivity index (χ0v) is 25.7. The molecule has 4 rings (SSSR count). The van der Waals surface area contributed by atoms with Gasteiger partial charge in [0.05, 0.1) is 11.4 Å². The summed E-state index contributed by atoms with van der Waals surface area (Å²) < 4.78 is 60.2. The molecule has 0 saturated heterocycles. The lowest BCUT2D eigenvalue weighted by Crippen LogP contribution is -2.51. The number of carbonyl (C=O) groups excluding carboxylic acids is 2. The number of hydrogen-bond acceptors (Lipinski definition) is 8. The van der Waals surface area contributed by atoms with Crippen molar-refractivity contribution in [1.29, 1.82) is 5.41 Å². The number of sulfonamides is 1. The number of thioether (sulfide) groups is 1. The van der Waals surface area contributed by atoms with E-state index in [0.717, 1.165) is 16.0 Å². The summed E-state index contributed by atoms with van der Waals surface area (Å²) in [5.74, 6) is -3.84. The molecule has 1 atom stereocenters. The quantitative estimate of drug-likeness (QED) is 0.137. The lowest BCUT2D eigenvalue weighted by molar-refractivity contribution is -0.192. The maximum atomic E-state index is 13.7. The summed E-state index contributed by atoms with van der Waals surface area (Å²) in [4.78, 5) is 37.6. The molecule has 0 fully saturated rings. The number of aliphatic carboxylic acids is 1. The van der Waals surface area contributed by atoms with Crippen LogP contribution in [0.4, 0.5) is 18.9 Å². The Balaban J connectivity index is 0.000000738. The molecule has 1 aliphatic heterocycles. The van der Waals surface area contributed by atoms with Crippen LogP contribution in [0.3, 0.4) is 0 Å². The van der Waals surface area contributed by atoms with Crippen LogP contribution in [0.1, 0.15) is 22.3 Å². The standard InChI is InChI=1S/C27H30N6O4S2.C2HF3O2/c28-13-20-8-11-24-23(12-20)33(15-25(34)31-14-18-6-9-21(10-7-18)26(29)30)27(35)22(16-38-24)32-39(36,37)17-19-4-2-1-3-5-19;3-2(4,5)1(6)7/h1-12,22,32H,13-17,28H2,(H3,29,30)(H,31,34);(H,6,7)/t22-;/m1./s1. The minimum Gasteiger partial charge on any atom is -0.475 e. The van der Waals surface area contributed by atoms with Crippen LogP contribution in [0.15, 0.2) is 77.7 Å². The van der Waals surface area contributed by atoms with Crippen LogP contribution >= 0.6 is 11.8 Å². The van der Waals surface area contributed by atoms with Crippen LogP contribution in [-0.4, -0.2) is 61.7 Å². The highest BCUT2D eigenvalue weighted by Gasteiger charge is 2.38. The SMILES string of the molecule is N=C(N)c1ccc(CNC(=O)CN2C(=O)[C@H](NS(=O)(=O)Cc3ccccc3)CSc3ccc(CN)cc32)cc1.O=C(O)C(F)(F)F. The van der Waals surface area contributed by atoms with E-state index in [0.29, 0.717) is 16.8 Å². The number of amidine groups is 1. The number of amides is 2. The Labute approximate surface area is 266 Å². The minimum absolute atomic E-state index is 0.0485. The Morgan fingerprint density at radius 3 is 2.20 bits per heavy atom. The number of halogens is 3. The minimum atomic E-state index is -5.08. The summed E-state index contributed by atoms with van der Waals surface area (Å²) >= 11 is 1.34. The van der Waals surface area contributed by atoms with Gasteiger partial charge in [-0.3, -0.25) is 15.0 Å². The van der Waals surface area contributed by atoms with Gasteiger partial charge in [0.2, 0.25) is 21.8 Å². The number of nitrogen functional groups attached to an aromatic ring is 1. The van der Waals surface area contributed by atoms with E-state index in [2.05, 4.69) is 10.0 Å². The third-order valence-corrected chi connectivity index (χ3v) is 8.85. The average Bonchev–Trinajstić information content (AvgIpc) is 3.12. The second-order valence-electron chi connectivity index (χ2n) is 9.85. The number of benzene rings is 3. The molecule has 12 nitrogen and oxygen atoms in total. The van der Waals surface area contributed by atoms with Crippen molar-refractivity contribution in [1.82, 2.24) is 10.0 Å². The number of carbonyl (C=O) groups is 3. The van der Waals surface area contributed by atoms with Gasteiger partial charge in [0, 0.05) is 29.3 Å². The summed E-state index contributed by atoms with van der Waals surface area (Å²) in [6, 6.07) is 20.0. The van der Waals surface area contributed by atoms with Gasteiger partial charge in [0.15, 0.2) is 0 Å². The van der Waals surface area contributed by atoms with E-state index in [-0.39, 0.29) is 37.0 Å². The lowest BCUT2D eigenvalue weighted by atomic mass is 10.1. The number of nitrogens with zero attached hydrogens (tertiary/aromatic N) is 1. The van der Waals surface area contributed by atoms with E-state index in [1.807, 2.05) is 12.1 Å². The molecule has 17 heteroatoms. The largest absolute Gasteiger partial charge is 0.490 e. The Kier molecular flexibility index (Phi) is 12.3. The van der Waals surface area contributed by atoms with Crippen LogP contribution in [0.2, 0.25) is 0 Å². The molecule has 0 unspecified atom stereocenters. The summed E-state index contributed by atoms with van der Waals surface area (Å²) in [5.41, 5.74) is 14.6. The molecule has 0 radical (unpaired) electrons. The molecule has 1 heterocycles. The highest BCUT2D eigenvalue weighted by molar-refractivity contribution is 7.99. The zero-order valence-electron chi connectivity index (χ0n) is 24.1. The van der Waals surface area contributed by atoms with Crippen molar-refractivity contribution < 1.29 is 41.1 Å². The number of nitrogens with one attached hydrogen (secondary N) is 3. The van der Waals surface area contributed by atoms with Crippen LogP contribution < -0.4 is 26.4 Å². The Bertz CT molecular complexity index is 1670. The first-order valence-electron chi connectivity index (χ1n) is 13.4. The molecule has 0 spiro atoms. The van der Waals surface area contributed by atoms with Gasteiger partial charge >= 0.3 is 12.1 Å². The number of hydrogen-bond donors (Lipinski definition) is 6. The van der Waals surface area contributed by atoms with Crippen LogP contribution in [0.25, 0.3) is 0 Å². The first kappa shape index (κ1) is 36.0. The molecular formula is C29H31F3N6O6S2. The van der Waals surface area contributed by atoms with E-state index >= 15 is 0 Å². The van der Waals surface area contributed by atoms with Crippen LogP contribution in [0.5, 0.6) is 0 Å². The van der Waals surface area contributed by atoms with Gasteiger partial charge in [0.1, 0.15) is 18.4 Å². The first-order valence-corrected chi connectivity index (χ1v) is 16.0. The van der Waals surface area contributed by atoms with Crippen molar-refractivity contribution in [2.45, 2.75) is 36.0 Å². The molecule has 3 aromatic rings. The lowest BCUT2D eigenvalue weighted by Gasteiger charge is -2.26. The van der Waals surface area contributed by atoms with E-state index in [1.165, 1.54) is 16.7 Å². The van der Waals surface area contributed by atoms with Gasteiger partial charge in [-0.25, -0.2) is 17.9 Å². The Morgan fingerprint density at radius 1 is 1.02 bits per heavy atom. The van der Waals surface area contributed by atoms with Gasteiger partial charge < -0.3 is 26.8 Å². The second kappa shape index (κ2) is 15.7. The fraction of sp³-hybridized carbons (Fsp3) is 0.241. The highest BCUT2D eigenvalue weighted by atomic mass is 32.2. The maximum Gasteiger partial charge on any atom is 0.490 e. The number of carboxylic acids is 1. The van der Waals surface area contributed by atoms with E-state index in [9.17, 15) is 31.2 Å². The Hall–Kier alpha value is -4.45. The van der Waals surface area contributed by atoms with Crippen LogP contribution in [0, 0.1) is 5.41 Å². The van der Waals surface area contributed by atoms with Gasteiger partial charge in [-0.1, -0.05) is 60.7 Å². The van der Waals surface area contributed by atoms with Crippen molar-refractivity contribution >= 4 is 51.1 Å². The second-order valence-corrected chi connectivity index (χ2v) is 12.7. The summed E-state index contributed by atoms with van der Waals surface area (Å²) in [6.45, 7) is 0.148. The molecule has 2 amide bonds. The molecule has 3 aromatic carbocycles. The van der Waals surface area contributed by atoms with Gasteiger partial charge in [-0.05, 0) is 28.8 Å². The first-order chi connectivity index (χ1) is 21.6. The van der Waals surface area contributed by atoms with Gasteiger partial charge in [0.25, 0.3) is 0 Å². The fourth-order valence-corrected chi connectivity index (χ4v) is 6.57. The fourth-order valence-electron chi connectivity index (χ4n) is 4.08. The summed E-state index contributed by atoms with van der Waals surface area (Å²) in [5, 5.41) is 17.4. The van der Waals surface area contributed by atoms with Crippen molar-refractivity contribution in [3.63, 3.8) is 0 Å². The number of rotatable bonds is 10. The smallest absolute Gasteiger partial charge is 0.475 e. The van der Waals surface area contributed by atoms with Crippen LogP contribution in [-0.2, 0) is 43.2 Å². The van der Waals surface area contributed by atoms with Gasteiger partial charge in [-0.15, -0.1) is 11.8 Å². The van der Waals surface area contributed by atoms with Crippen molar-refractivity contribution in [2.75, 3.05) is 17.2 Å². The predicted molar refractivity (Wildman–Crippen MR) is 166 cm³/mol. The van der Waals surface area contributed by atoms with Crippen molar-refractivity contribution in [2.24, 2.45) is 11.5 Å². The third-order valence-electron chi connectivity index (χ3n) is 6.34. The number of anilines is 1. The number of nitrogens with two attached hydrogens (primary N) is 2. The predicted octanol–water partition coefficient (Wildman–Crippen LogP) is 2.31. The molecular weight excluding hydrogens is 649 g/mol. The molecule has 8 N–H and O–H groups in total. The number of carboxylic acid groups (broad SMARTS) is 1. The number of fused-ring (bicyclic) bond motifs is 1. The topological polar surface area (TPSA) is 209 Å². The number of alkyl halides is 3. The molecule has 246 valence electrons. The maximum absolute atomic E-state index is 13.7. The molecule has 46 heavy (non-hydrogen) atoms. The monoisotopic (exact) mass is 680 g/mol. The van der Waals surface area contributed by atoms with E-state index < -0.39 is 40.0 Å². The van der Waals surface area contributed by atoms with E-state index in [1.54, 1.807) is 60.7 Å². The molecule has 0 bridgehead atoms. The summed E-state index contributed by atoms with van der Waals surface area (Å²) in [7, 11) is -3.85. The molecule has 0 saturated carbocycles. The third kappa shape index (κ3) is 10.6. The van der Waals surface area contributed by atoms with Crippen molar-refractivity contribution in [3.05, 3.63) is 95.1 Å². The average molecular weight is 681 g/mol. The molecule has 0 aliphatic carbocycles. The highest BCUT2D eigenvalue weighted by Crippen LogP contribution is 2.35. The summed E-state index contributed by atoms with van der Waals surface area (Å²) in [6.07, 6.45) is -5.08. The Morgan fingerprint density at radius 2 is 1.63 bits per heavy atom. The molecule has 1 aliphatic rings. The van der Waals surface area contributed by atoms with E-state index in [4.69, 9.17) is 26.8 Å². The normalized spacial score (nSPS) is 14.7. The zero-order chi connectivity index (χ0) is 34.1.